The van der Waals surface area contributed by atoms with E-state index in [0.29, 0.717) is 17.1 Å². The molecule has 0 aliphatic heterocycles. The molecule has 33 heavy (non-hydrogen) atoms. The molecule has 5 aromatic rings. The summed E-state index contributed by atoms with van der Waals surface area (Å²) in [5.41, 5.74) is 1.55. The van der Waals surface area contributed by atoms with E-state index in [1.54, 1.807) is 12.1 Å². The van der Waals surface area contributed by atoms with E-state index in [9.17, 15) is 9.90 Å². The van der Waals surface area contributed by atoms with Gasteiger partial charge in [0.05, 0.1) is 17.1 Å². The first kappa shape index (κ1) is 20.6. The van der Waals surface area contributed by atoms with Gasteiger partial charge < -0.3 is 5.11 Å². The quantitative estimate of drug-likeness (QED) is 0.272. The molecule has 4 aromatic carbocycles. The van der Waals surface area contributed by atoms with E-state index in [2.05, 4.69) is 4.99 Å². The third-order valence-corrected chi connectivity index (χ3v) is 5.76. The number of hydrogen-bond acceptors (Lipinski definition) is 4. The van der Waals surface area contributed by atoms with Crippen LogP contribution in [0.1, 0.15) is 5.56 Å². The first-order chi connectivity index (χ1) is 16.1. The molecule has 0 spiro atoms. The van der Waals surface area contributed by atoms with Crippen molar-refractivity contribution in [1.29, 1.82) is 0 Å². The Balaban J connectivity index is 1.78. The normalized spacial score (nSPS) is 11.3. The van der Waals surface area contributed by atoms with Gasteiger partial charge in [0.25, 0.3) is 5.56 Å². The minimum Gasteiger partial charge on any atom is -0.494 e. The number of hydrogen-bond donors (Lipinski definition) is 1. The van der Waals surface area contributed by atoms with E-state index >= 15 is 0 Å². The van der Waals surface area contributed by atoms with Crippen LogP contribution in [-0.2, 0) is 0 Å². The van der Waals surface area contributed by atoms with Crippen molar-refractivity contribution in [3.8, 4) is 17.3 Å². The van der Waals surface area contributed by atoms with Crippen molar-refractivity contribution in [2.75, 3.05) is 0 Å². The second-order valence-electron chi connectivity index (χ2n) is 7.42. The monoisotopic (exact) mass is 449 g/mol. The van der Waals surface area contributed by atoms with Crippen molar-refractivity contribution >= 4 is 34.9 Å². The van der Waals surface area contributed by atoms with Crippen molar-refractivity contribution in [2.24, 2.45) is 4.99 Å². The molecular formula is C27H19N3O2S. The van der Waals surface area contributed by atoms with Crippen LogP contribution in [-0.4, -0.2) is 20.5 Å². The third-order valence-electron chi connectivity index (χ3n) is 5.40. The van der Waals surface area contributed by atoms with Crippen LogP contribution in [0.3, 0.4) is 0 Å². The highest BCUT2D eigenvalue weighted by Crippen LogP contribution is 2.26. The fourth-order valence-electron chi connectivity index (χ4n) is 3.80. The van der Waals surface area contributed by atoms with E-state index in [1.165, 1.54) is 15.3 Å². The van der Waals surface area contributed by atoms with E-state index in [-0.39, 0.29) is 16.2 Å². The molecule has 0 unspecified atom stereocenters. The predicted octanol–water partition coefficient (Wildman–Crippen LogP) is 5.97. The van der Waals surface area contributed by atoms with Crippen LogP contribution >= 0.6 is 12.2 Å². The number of aromatic nitrogens is 2. The van der Waals surface area contributed by atoms with Crippen LogP contribution in [0.4, 0.5) is 5.69 Å². The van der Waals surface area contributed by atoms with Gasteiger partial charge in [-0.25, -0.2) is 0 Å². The number of aliphatic imine (C=N–C) groups is 1. The predicted molar refractivity (Wildman–Crippen MR) is 135 cm³/mol. The molecule has 0 saturated heterocycles. The average molecular weight is 450 g/mol. The standard InChI is InChI=1S/C27H19N3O2S/c31-25-23(18-28-24-17-9-11-19-10-7-8-16-22(19)24)26(32)30(21-14-5-2-6-15-21)27(33)29(25)20-12-3-1-4-13-20/h1-18,31H. The molecule has 1 N–H and O–H groups in total. The van der Waals surface area contributed by atoms with Crippen LogP contribution < -0.4 is 5.56 Å². The Bertz CT molecular complexity index is 1600. The van der Waals surface area contributed by atoms with Gasteiger partial charge in [-0.15, -0.1) is 0 Å². The Morgan fingerprint density at radius 1 is 0.727 bits per heavy atom. The van der Waals surface area contributed by atoms with Gasteiger partial charge in [0.1, 0.15) is 5.56 Å². The smallest absolute Gasteiger partial charge is 0.271 e. The fraction of sp³-hybridized carbons (Fsp3) is 0. The molecule has 0 aliphatic carbocycles. The summed E-state index contributed by atoms with van der Waals surface area (Å²) in [7, 11) is 0. The molecule has 1 aromatic heterocycles. The molecule has 0 amide bonds. The lowest BCUT2D eigenvalue weighted by Gasteiger charge is -2.16. The summed E-state index contributed by atoms with van der Waals surface area (Å²) in [6.45, 7) is 0. The molecule has 0 saturated carbocycles. The van der Waals surface area contributed by atoms with Crippen molar-refractivity contribution in [2.45, 2.75) is 0 Å². The Morgan fingerprint density at radius 3 is 2.00 bits per heavy atom. The lowest BCUT2D eigenvalue weighted by molar-refractivity contribution is 0.430. The maximum absolute atomic E-state index is 13.5. The summed E-state index contributed by atoms with van der Waals surface area (Å²) in [4.78, 5) is 18.1. The largest absolute Gasteiger partial charge is 0.494 e. The minimum atomic E-state index is -0.445. The number of aromatic hydroxyl groups is 1. The molecule has 5 rings (SSSR count). The van der Waals surface area contributed by atoms with Gasteiger partial charge in [0, 0.05) is 11.6 Å². The van der Waals surface area contributed by atoms with Crippen molar-refractivity contribution in [3.05, 3.63) is 124 Å². The van der Waals surface area contributed by atoms with Gasteiger partial charge in [-0.05, 0) is 47.9 Å². The second-order valence-corrected chi connectivity index (χ2v) is 7.79. The molecular weight excluding hydrogens is 430 g/mol. The van der Waals surface area contributed by atoms with Crippen LogP contribution in [0, 0.1) is 4.77 Å². The summed E-state index contributed by atoms with van der Waals surface area (Å²) < 4.78 is 3.05. The highest BCUT2D eigenvalue weighted by molar-refractivity contribution is 7.71. The average Bonchev–Trinajstić information content (AvgIpc) is 2.85. The van der Waals surface area contributed by atoms with Crippen molar-refractivity contribution < 1.29 is 5.11 Å². The first-order valence-electron chi connectivity index (χ1n) is 10.4. The van der Waals surface area contributed by atoms with Gasteiger partial charge in [0.2, 0.25) is 5.88 Å². The minimum absolute atomic E-state index is 0.0456. The number of rotatable bonds is 4. The molecule has 5 nitrogen and oxygen atoms in total. The van der Waals surface area contributed by atoms with E-state index in [4.69, 9.17) is 12.2 Å². The summed E-state index contributed by atoms with van der Waals surface area (Å²) in [5.74, 6) is -0.257. The van der Waals surface area contributed by atoms with Gasteiger partial charge in [-0.3, -0.25) is 18.9 Å². The number of benzene rings is 4. The van der Waals surface area contributed by atoms with Crippen molar-refractivity contribution in [1.82, 2.24) is 9.13 Å². The molecule has 0 bridgehead atoms. The summed E-state index contributed by atoms with van der Waals surface area (Å²) in [6, 6.07) is 32.0. The third kappa shape index (κ3) is 3.77. The summed E-state index contributed by atoms with van der Waals surface area (Å²) >= 11 is 5.65. The van der Waals surface area contributed by atoms with Gasteiger partial charge in [0.15, 0.2) is 4.77 Å². The molecule has 6 heteroatoms. The van der Waals surface area contributed by atoms with Gasteiger partial charge in [-0.1, -0.05) is 72.8 Å². The summed E-state index contributed by atoms with van der Waals surface area (Å²) in [5, 5.41) is 13.2. The molecule has 0 fully saturated rings. The molecule has 0 aliphatic rings. The Labute approximate surface area is 195 Å². The van der Waals surface area contributed by atoms with Crippen LogP contribution in [0.5, 0.6) is 5.88 Å². The van der Waals surface area contributed by atoms with E-state index < -0.39 is 5.56 Å². The SMILES string of the molecule is O=c1c(C=Nc2cccc3ccccc23)c(O)n(-c2ccccc2)c(=S)n1-c1ccccc1. The lowest BCUT2D eigenvalue weighted by atomic mass is 10.1. The number of nitrogens with zero attached hydrogens (tertiary/aromatic N) is 3. The molecule has 0 atom stereocenters. The number of para-hydroxylation sites is 2. The maximum atomic E-state index is 13.5. The topological polar surface area (TPSA) is 59.5 Å². The molecule has 0 radical (unpaired) electrons. The maximum Gasteiger partial charge on any atom is 0.271 e. The lowest BCUT2D eigenvalue weighted by Crippen LogP contribution is -2.27. The molecule has 1 heterocycles. The zero-order chi connectivity index (χ0) is 22.8. The Kier molecular flexibility index (Phi) is 5.42. The second kappa shape index (κ2) is 8.68. The fourth-order valence-corrected chi connectivity index (χ4v) is 4.18. The van der Waals surface area contributed by atoms with Crippen molar-refractivity contribution in [3.63, 3.8) is 0 Å². The zero-order valence-electron chi connectivity index (χ0n) is 17.5. The zero-order valence-corrected chi connectivity index (χ0v) is 18.3. The van der Waals surface area contributed by atoms with E-state index in [1.807, 2.05) is 91.0 Å². The highest BCUT2D eigenvalue weighted by atomic mass is 32.1. The number of fused-ring (bicyclic) bond motifs is 1. The highest BCUT2D eigenvalue weighted by Gasteiger charge is 2.18. The first-order valence-corrected chi connectivity index (χ1v) is 10.8. The molecule has 160 valence electrons. The summed E-state index contributed by atoms with van der Waals surface area (Å²) in [6.07, 6.45) is 1.41. The van der Waals surface area contributed by atoms with Crippen LogP contribution in [0.15, 0.2) is 113 Å². The Morgan fingerprint density at radius 2 is 1.30 bits per heavy atom. The van der Waals surface area contributed by atoms with Gasteiger partial charge >= 0.3 is 0 Å². The van der Waals surface area contributed by atoms with Gasteiger partial charge in [-0.2, -0.15) is 0 Å². The van der Waals surface area contributed by atoms with Crippen LogP contribution in [0.2, 0.25) is 0 Å². The van der Waals surface area contributed by atoms with Crippen LogP contribution in [0.25, 0.3) is 22.1 Å². The van der Waals surface area contributed by atoms with E-state index in [0.717, 1.165) is 10.8 Å². The Hall–Kier alpha value is -4.29.